The van der Waals surface area contributed by atoms with Gasteiger partial charge in [0.1, 0.15) is 6.61 Å². The maximum absolute atomic E-state index is 12.1. The molecule has 0 fully saturated rings. The summed E-state index contributed by atoms with van der Waals surface area (Å²) in [5.74, 6) is -0.390. The summed E-state index contributed by atoms with van der Waals surface area (Å²) in [6.07, 6.45) is 0.167. The van der Waals surface area contributed by atoms with Crippen LogP contribution in [0.2, 0.25) is 10.0 Å². The third-order valence-electron chi connectivity index (χ3n) is 3.34. The van der Waals surface area contributed by atoms with Crippen molar-refractivity contribution >= 4 is 40.7 Å². The van der Waals surface area contributed by atoms with Gasteiger partial charge in [0.15, 0.2) is 0 Å². The highest BCUT2D eigenvalue weighted by molar-refractivity contribution is 6.35. The van der Waals surface area contributed by atoms with Crippen molar-refractivity contribution in [2.75, 3.05) is 19.0 Å². The van der Waals surface area contributed by atoms with E-state index < -0.39 is 0 Å². The van der Waals surface area contributed by atoms with Crippen molar-refractivity contribution in [2.45, 2.75) is 13.0 Å². The smallest absolute Gasteiger partial charge is 0.250 e. The Morgan fingerprint density at radius 3 is 2.60 bits per heavy atom. The van der Waals surface area contributed by atoms with Gasteiger partial charge in [-0.2, -0.15) is 0 Å². The molecule has 0 saturated heterocycles. The number of amides is 2. The van der Waals surface area contributed by atoms with Crippen molar-refractivity contribution < 1.29 is 14.3 Å². The quantitative estimate of drug-likeness (QED) is 0.772. The lowest BCUT2D eigenvalue weighted by atomic mass is 10.1. The summed E-state index contributed by atoms with van der Waals surface area (Å²) in [5, 5.41) is 6.54. The van der Waals surface area contributed by atoms with Crippen molar-refractivity contribution in [3.63, 3.8) is 0 Å². The van der Waals surface area contributed by atoms with E-state index in [2.05, 4.69) is 10.6 Å². The van der Waals surface area contributed by atoms with Gasteiger partial charge in [0, 0.05) is 29.4 Å². The molecule has 0 heterocycles. The number of carbonyl (C=O) groups excluding carboxylic acids is 2. The van der Waals surface area contributed by atoms with Gasteiger partial charge in [-0.1, -0.05) is 41.4 Å². The molecule has 7 heteroatoms. The minimum absolute atomic E-state index is 0.0111. The van der Waals surface area contributed by atoms with Crippen LogP contribution < -0.4 is 10.6 Å². The molecule has 2 amide bonds. The molecule has 2 aromatic carbocycles. The van der Waals surface area contributed by atoms with Gasteiger partial charge in [0.05, 0.1) is 6.42 Å². The van der Waals surface area contributed by atoms with Crippen LogP contribution in [0.25, 0.3) is 0 Å². The van der Waals surface area contributed by atoms with E-state index in [4.69, 9.17) is 27.9 Å². The Kier molecular flexibility index (Phi) is 7.25. The fourth-order valence-corrected chi connectivity index (χ4v) is 2.66. The summed E-state index contributed by atoms with van der Waals surface area (Å²) in [6, 6.07) is 12.3. The van der Waals surface area contributed by atoms with Crippen LogP contribution in [-0.4, -0.2) is 25.5 Å². The molecular weight excluding hydrogens is 363 g/mol. The molecule has 25 heavy (non-hydrogen) atoms. The van der Waals surface area contributed by atoms with Gasteiger partial charge in [-0.05, 0) is 35.4 Å². The van der Waals surface area contributed by atoms with Crippen LogP contribution in [0.5, 0.6) is 0 Å². The van der Waals surface area contributed by atoms with E-state index >= 15 is 0 Å². The van der Waals surface area contributed by atoms with Crippen LogP contribution in [0.15, 0.2) is 42.5 Å². The average Bonchev–Trinajstić information content (AvgIpc) is 2.56. The zero-order chi connectivity index (χ0) is 18.2. The molecule has 0 aliphatic rings. The topological polar surface area (TPSA) is 67.4 Å². The first-order chi connectivity index (χ1) is 12.0. The number of halogens is 2. The second-order valence-electron chi connectivity index (χ2n) is 5.37. The third kappa shape index (κ3) is 6.38. The maximum atomic E-state index is 12.1. The van der Waals surface area contributed by atoms with Gasteiger partial charge < -0.3 is 15.4 Å². The zero-order valence-electron chi connectivity index (χ0n) is 13.6. The standard InChI is InChI=1S/C18H18Cl2N2O3/c1-25-11-18(24)22-15-4-2-3-12(7-15)10-21-17(23)8-13-5-6-14(19)9-16(13)20/h2-7,9H,8,10-11H2,1H3,(H,21,23)(H,22,24). The monoisotopic (exact) mass is 380 g/mol. The predicted octanol–water partition coefficient (Wildman–Crippen LogP) is 3.44. The number of ether oxygens (including phenoxy) is 1. The number of hydrogen-bond donors (Lipinski definition) is 2. The molecule has 0 atom stereocenters. The highest BCUT2D eigenvalue weighted by Gasteiger charge is 2.08. The lowest BCUT2D eigenvalue weighted by Crippen LogP contribution is -2.24. The first-order valence-corrected chi connectivity index (χ1v) is 8.32. The highest BCUT2D eigenvalue weighted by atomic mass is 35.5. The maximum Gasteiger partial charge on any atom is 0.250 e. The summed E-state index contributed by atoms with van der Waals surface area (Å²) in [4.78, 5) is 23.6. The summed E-state index contributed by atoms with van der Waals surface area (Å²) < 4.78 is 4.77. The zero-order valence-corrected chi connectivity index (χ0v) is 15.2. The van der Waals surface area contributed by atoms with E-state index in [0.29, 0.717) is 27.8 Å². The normalized spacial score (nSPS) is 10.4. The van der Waals surface area contributed by atoms with Gasteiger partial charge in [0.2, 0.25) is 11.8 Å². The number of methoxy groups -OCH3 is 1. The Balaban J connectivity index is 1.90. The Morgan fingerprint density at radius 2 is 1.88 bits per heavy atom. The number of carbonyl (C=O) groups is 2. The van der Waals surface area contributed by atoms with Crippen molar-refractivity contribution in [3.05, 3.63) is 63.6 Å². The van der Waals surface area contributed by atoms with Gasteiger partial charge in [0.25, 0.3) is 0 Å². The molecule has 2 aromatic rings. The summed E-state index contributed by atoms with van der Waals surface area (Å²) >= 11 is 11.9. The fourth-order valence-electron chi connectivity index (χ4n) is 2.19. The van der Waals surface area contributed by atoms with Crippen LogP contribution in [0.4, 0.5) is 5.69 Å². The van der Waals surface area contributed by atoms with Gasteiger partial charge >= 0.3 is 0 Å². The van der Waals surface area contributed by atoms with E-state index in [-0.39, 0.29) is 24.8 Å². The van der Waals surface area contributed by atoms with Crippen molar-refractivity contribution in [2.24, 2.45) is 0 Å². The van der Waals surface area contributed by atoms with Crippen LogP contribution in [-0.2, 0) is 27.3 Å². The lowest BCUT2D eigenvalue weighted by Gasteiger charge is -2.09. The number of anilines is 1. The number of rotatable bonds is 7. The summed E-state index contributed by atoms with van der Waals surface area (Å²) in [5.41, 5.74) is 2.23. The highest BCUT2D eigenvalue weighted by Crippen LogP contribution is 2.21. The van der Waals surface area contributed by atoms with Gasteiger partial charge in [-0.15, -0.1) is 0 Å². The van der Waals surface area contributed by atoms with E-state index in [1.54, 1.807) is 36.4 Å². The van der Waals surface area contributed by atoms with E-state index in [9.17, 15) is 9.59 Å². The fraction of sp³-hybridized carbons (Fsp3) is 0.222. The Bertz CT molecular complexity index is 766. The lowest BCUT2D eigenvalue weighted by molar-refractivity contribution is -0.121. The first kappa shape index (κ1) is 19.2. The molecule has 0 unspecified atom stereocenters. The minimum Gasteiger partial charge on any atom is -0.375 e. The predicted molar refractivity (Wildman–Crippen MR) is 99.0 cm³/mol. The molecule has 2 N–H and O–H groups in total. The van der Waals surface area contributed by atoms with Crippen LogP contribution in [0, 0.1) is 0 Å². The van der Waals surface area contributed by atoms with E-state index in [1.807, 2.05) is 6.07 Å². The Hall–Kier alpha value is -2.08. The van der Waals surface area contributed by atoms with Crippen molar-refractivity contribution in [1.29, 1.82) is 0 Å². The molecule has 5 nitrogen and oxygen atoms in total. The molecule has 0 radical (unpaired) electrons. The molecule has 0 aliphatic carbocycles. The summed E-state index contributed by atoms with van der Waals surface area (Å²) in [7, 11) is 1.46. The summed E-state index contributed by atoms with van der Waals surface area (Å²) in [6.45, 7) is 0.334. The van der Waals surface area contributed by atoms with Crippen LogP contribution in [0.3, 0.4) is 0 Å². The van der Waals surface area contributed by atoms with Crippen molar-refractivity contribution in [1.82, 2.24) is 5.32 Å². The first-order valence-electron chi connectivity index (χ1n) is 7.56. The molecule has 0 bridgehead atoms. The minimum atomic E-state index is -0.235. The molecule has 132 valence electrons. The SMILES string of the molecule is COCC(=O)Nc1cccc(CNC(=O)Cc2ccc(Cl)cc2Cl)c1. The average molecular weight is 381 g/mol. The number of benzene rings is 2. The second-order valence-corrected chi connectivity index (χ2v) is 6.21. The number of hydrogen-bond acceptors (Lipinski definition) is 3. The largest absolute Gasteiger partial charge is 0.375 e. The van der Waals surface area contributed by atoms with Crippen molar-refractivity contribution in [3.8, 4) is 0 Å². The third-order valence-corrected chi connectivity index (χ3v) is 3.93. The van der Waals surface area contributed by atoms with E-state index in [1.165, 1.54) is 7.11 Å². The molecule has 0 saturated carbocycles. The molecule has 0 spiro atoms. The molecule has 0 aromatic heterocycles. The second kappa shape index (κ2) is 9.42. The Morgan fingerprint density at radius 1 is 1.08 bits per heavy atom. The molecule has 2 rings (SSSR count). The Labute approximate surface area is 156 Å². The van der Waals surface area contributed by atoms with Gasteiger partial charge in [-0.3, -0.25) is 9.59 Å². The van der Waals surface area contributed by atoms with Crippen LogP contribution >= 0.6 is 23.2 Å². The molecule has 0 aliphatic heterocycles. The van der Waals surface area contributed by atoms with E-state index in [0.717, 1.165) is 5.56 Å². The van der Waals surface area contributed by atoms with Gasteiger partial charge in [-0.25, -0.2) is 0 Å². The number of nitrogens with one attached hydrogen (secondary N) is 2. The van der Waals surface area contributed by atoms with Crippen LogP contribution in [0.1, 0.15) is 11.1 Å². The molecular formula is C18H18Cl2N2O3.